The fourth-order valence-electron chi connectivity index (χ4n) is 9.30. The van der Waals surface area contributed by atoms with Crippen LogP contribution in [0.5, 0.6) is 11.5 Å². The second kappa shape index (κ2) is 25.4. The first kappa shape index (κ1) is 46.5. The Balaban J connectivity index is 1.74. The Hall–Kier alpha value is -3.16. The van der Waals surface area contributed by atoms with Gasteiger partial charge in [0.1, 0.15) is 24.7 Å². The van der Waals surface area contributed by atoms with Gasteiger partial charge in [0.2, 0.25) is 5.79 Å². The Bertz CT molecular complexity index is 1400. The van der Waals surface area contributed by atoms with Gasteiger partial charge in [0.15, 0.2) is 0 Å². The molecule has 0 radical (unpaired) electrons. The van der Waals surface area contributed by atoms with E-state index in [0.29, 0.717) is 24.3 Å². The van der Waals surface area contributed by atoms with Gasteiger partial charge in [-0.3, -0.25) is 4.90 Å². The second-order valence-electron chi connectivity index (χ2n) is 15.8. The predicted molar refractivity (Wildman–Crippen MR) is 221 cm³/mol. The van der Waals surface area contributed by atoms with Crippen LogP contribution in [0, 0.1) is 17.8 Å². The maximum Gasteiger partial charge on any atom is 0.410 e. The molecule has 0 spiro atoms. The summed E-state index contributed by atoms with van der Waals surface area (Å²) in [6.45, 7) is 7.09. The number of amides is 1. The minimum atomic E-state index is -1.43. The average molecular weight is 801 g/mol. The molecule has 0 saturated heterocycles. The highest BCUT2D eigenvalue weighted by Crippen LogP contribution is 2.61. The molecule has 1 heterocycles. The topological polar surface area (TPSA) is 160 Å². The van der Waals surface area contributed by atoms with E-state index in [4.69, 9.17) is 23.8 Å². The Morgan fingerprint density at radius 3 is 2.30 bits per heavy atom. The SMILES string of the molecule is C=CCO[C@@]12Oc3ccc(O)cc3[C@H]3[C@H](CCCCO)[C@@H](CCCCO)C=C(C(=NOC)C[C@@H]1N(CCOCCO)C(=O)OCCCCCCCCCCCC)[C@H]32. The monoisotopic (exact) mass is 801 g/mol. The number of aliphatic hydroxyl groups excluding tert-OH is 3. The van der Waals surface area contributed by atoms with Gasteiger partial charge in [-0.15, -0.1) is 6.58 Å². The number of unbranched alkanes of at least 4 members (excludes halogenated alkanes) is 11. The molecule has 4 N–H and O–H groups in total. The standard InChI is InChI=1S/C45H72N2O10/c1-4-6-7-8-9-10-11-12-13-18-28-55-44(52)47(23-29-54-30-26-50)41-33-39(46-53-3)37-31-34(19-14-16-24-48)36(20-15-17-25-49)42-38-32-35(51)21-22-40(38)57-45(41,43(37)42)56-27-5-2/h5,21-22,31-32,34,36,41-43,48-51H,2,4,6-20,23-30,33H2,1,3H3/t34-,36+,41-,42+,43+,45+/m0/s1. The van der Waals surface area contributed by atoms with Crippen molar-refractivity contribution in [3.63, 3.8) is 0 Å². The number of rotatable bonds is 29. The molecule has 57 heavy (non-hydrogen) atoms. The van der Waals surface area contributed by atoms with Crippen molar-refractivity contribution in [3.8, 4) is 11.5 Å². The Labute approximate surface area is 341 Å². The van der Waals surface area contributed by atoms with Crippen molar-refractivity contribution in [2.45, 2.75) is 134 Å². The number of ether oxygens (including phenoxy) is 4. The number of phenols is 1. The van der Waals surface area contributed by atoms with Crippen LogP contribution in [0.2, 0.25) is 0 Å². The fraction of sp³-hybridized carbons (Fsp3) is 0.733. The zero-order chi connectivity index (χ0) is 40.9. The van der Waals surface area contributed by atoms with Crippen molar-refractivity contribution in [1.29, 1.82) is 0 Å². The van der Waals surface area contributed by atoms with Crippen molar-refractivity contribution in [1.82, 2.24) is 4.90 Å². The van der Waals surface area contributed by atoms with Crippen LogP contribution in [0.1, 0.15) is 128 Å². The smallest absolute Gasteiger partial charge is 0.410 e. The Morgan fingerprint density at radius 1 is 0.930 bits per heavy atom. The fourth-order valence-corrected chi connectivity index (χ4v) is 9.30. The molecule has 0 unspecified atom stereocenters. The highest BCUT2D eigenvalue weighted by Gasteiger charge is 2.65. The number of phenolic OH excluding ortho intramolecular Hbond substituents is 1. The van der Waals surface area contributed by atoms with Crippen LogP contribution in [0.3, 0.4) is 0 Å². The lowest BCUT2D eigenvalue weighted by atomic mass is 9.55. The maximum atomic E-state index is 14.4. The van der Waals surface area contributed by atoms with Crippen LogP contribution in [-0.2, 0) is 19.0 Å². The van der Waals surface area contributed by atoms with E-state index >= 15 is 0 Å². The molecule has 1 fully saturated rings. The minimum absolute atomic E-state index is 0.0484. The molecule has 0 bridgehead atoms. The molecular weight excluding hydrogens is 728 g/mol. The normalized spacial score (nSPS) is 24.3. The molecule has 1 amide bonds. The Morgan fingerprint density at radius 2 is 1.63 bits per heavy atom. The van der Waals surface area contributed by atoms with E-state index in [-0.39, 0.29) is 82.7 Å². The summed E-state index contributed by atoms with van der Waals surface area (Å²) >= 11 is 0. The lowest BCUT2D eigenvalue weighted by molar-refractivity contribution is -0.256. The van der Waals surface area contributed by atoms with E-state index < -0.39 is 23.8 Å². The minimum Gasteiger partial charge on any atom is -0.508 e. The molecule has 322 valence electrons. The van der Waals surface area contributed by atoms with E-state index in [1.165, 1.54) is 52.1 Å². The molecule has 1 aromatic rings. The number of oxime groups is 1. The molecule has 12 nitrogen and oxygen atoms in total. The highest BCUT2D eigenvalue weighted by atomic mass is 16.7. The molecule has 4 rings (SSSR count). The number of nitrogens with zero attached hydrogens (tertiary/aromatic N) is 2. The van der Waals surface area contributed by atoms with E-state index in [2.05, 4.69) is 24.7 Å². The van der Waals surface area contributed by atoms with Crippen molar-refractivity contribution in [2.75, 3.05) is 59.9 Å². The number of carbonyl (C=O) groups is 1. The van der Waals surface area contributed by atoms with E-state index in [9.17, 15) is 25.2 Å². The van der Waals surface area contributed by atoms with Crippen molar-refractivity contribution >= 4 is 11.8 Å². The molecule has 12 heteroatoms. The first-order valence-corrected chi connectivity index (χ1v) is 21.8. The van der Waals surface area contributed by atoms with Crippen LogP contribution >= 0.6 is 0 Å². The van der Waals surface area contributed by atoms with Gasteiger partial charge < -0.3 is 44.2 Å². The van der Waals surface area contributed by atoms with Gasteiger partial charge in [0.05, 0.1) is 44.7 Å². The molecule has 1 aromatic carbocycles. The lowest BCUT2D eigenvalue weighted by Gasteiger charge is -2.59. The molecule has 0 aromatic heterocycles. The summed E-state index contributed by atoms with van der Waals surface area (Å²) in [7, 11) is 1.52. The van der Waals surface area contributed by atoms with Gasteiger partial charge in [-0.2, -0.15) is 0 Å². The van der Waals surface area contributed by atoms with E-state index in [0.717, 1.165) is 56.1 Å². The summed E-state index contributed by atoms with van der Waals surface area (Å²) < 4.78 is 25.8. The number of hydrogen-bond acceptors (Lipinski definition) is 11. The van der Waals surface area contributed by atoms with Crippen LogP contribution in [0.15, 0.2) is 47.7 Å². The third-order valence-corrected chi connectivity index (χ3v) is 11.9. The number of aromatic hydroxyl groups is 1. The van der Waals surface area contributed by atoms with Gasteiger partial charge in [-0.05, 0) is 67.7 Å². The molecule has 1 saturated carbocycles. The van der Waals surface area contributed by atoms with Gasteiger partial charge in [0.25, 0.3) is 0 Å². The largest absolute Gasteiger partial charge is 0.508 e. The quantitative estimate of drug-likeness (QED) is 0.0355. The Kier molecular flexibility index (Phi) is 20.7. The van der Waals surface area contributed by atoms with Gasteiger partial charge in [-0.25, -0.2) is 4.79 Å². The summed E-state index contributed by atoms with van der Waals surface area (Å²) in [5.74, 6) is -1.33. The van der Waals surface area contributed by atoms with Crippen LogP contribution in [0.25, 0.3) is 0 Å². The molecule has 1 aliphatic heterocycles. The summed E-state index contributed by atoms with van der Waals surface area (Å²) in [5, 5.41) is 44.5. The first-order valence-electron chi connectivity index (χ1n) is 21.8. The number of aliphatic hydroxyl groups is 3. The van der Waals surface area contributed by atoms with Crippen LogP contribution < -0.4 is 4.74 Å². The average Bonchev–Trinajstić information content (AvgIpc) is 3.21. The maximum absolute atomic E-state index is 14.4. The summed E-state index contributed by atoms with van der Waals surface area (Å²) in [6, 6.07) is 4.41. The lowest BCUT2D eigenvalue weighted by Crippen LogP contribution is -2.70. The summed E-state index contributed by atoms with van der Waals surface area (Å²) in [6.07, 6.45) is 19.9. The predicted octanol–water partition coefficient (Wildman–Crippen LogP) is 8.02. The van der Waals surface area contributed by atoms with Crippen LogP contribution in [-0.4, -0.2) is 109 Å². The van der Waals surface area contributed by atoms with Gasteiger partial charge >= 0.3 is 6.09 Å². The number of hydrogen-bond donors (Lipinski definition) is 4. The molecule has 6 atom stereocenters. The summed E-state index contributed by atoms with van der Waals surface area (Å²) in [5.41, 5.74) is 2.44. The van der Waals surface area contributed by atoms with Crippen molar-refractivity contribution in [3.05, 3.63) is 48.1 Å². The van der Waals surface area contributed by atoms with Crippen LogP contribution in [0.4, 0.5) is 4.79 Å². The number of benzene rings is 1. The molecule has 3 aliphatic rings. The first-order chi connectivity index (χ1) is 27.9. The third-order valence-electron chi connectivity index (χ3n) is 11.9. The van der Waals surface area contributed by atoms with E-state index in [1.807, 2.05) is 0 Å². The summed E-state index contributed by atoms with van der Waals surface area (Å²) in [4.78, 5) is 21.6. The molecule has 2 aliphatic carbocycles. The zero-order valence-corrected chi connectivity index (χ0v) is 34.8. The third kappa shape index (κ3) is 12.7. The number of allylic oxidation sites excluding steroid dienone is 1. The highest BCUT2D eigenvalue weighted by molar-refractivity contribution is 6.02. The molecular formula is C45H72N2O10. The number of fused-ring (bicyclic) bond motifs is 2. The van der Waals surface area contributed by atoms with Gasteiger partial charge in [-0.1, -0.05) is 94.9 Å². The van der Waals surface area contributed by atoms with Gasteiger partial charge in [0, 0.05) is 37.7 Å². The van der Waals surface area contributed by atoms with Crippen molar-refractivity contribution in [2.24, 2.45) is 22.9 Å². The second-order valence-corrected chi connectivity index (χ2v) is 15.8. The zero-order valence-electron chi connectivity index (χ0n) is 34.8. The van der Waals surface area contributed by atoms with Crippen molar-refractivity contribution < 1.29 is 49.0 Å². The van der Waals surface area contributed by atoms with E-state index in [1.54, 1.807) is 29.2 Å². The number of carbonyl (C=O) groups excluding carboxylic acids is 1.